The molecule has 0 aliphatic carbocycles. The van der Waals surface area contributed by atoms with E-state index in [0.717, 1.165) is 0 Å². The Bertz CT molecular complexity index is 161. The largest absolute Gasteiger partial charge is 0.481 e. The minimum atomic E-state index is -1.02. The minimum absolute atomic E-state index is 0.276. The van der Waals surface area contributed by atoms with Crippen molar-refractivity contribution >= 4 is 5.97 Å². The lowest BCUT2D eigenvalue weighted by Gasteiger charge is -2.22. The van der Waals surface area contributed by atoms with Gasteiger partial charge in [-0.3, -0.25) is 16.1 Å². The molecule has 0 unspecified atom stereocenters. The Morgan fingerprint density at radius 2 is 2.08 bits per heavy atom. The van der Waals surface area contributed by atoms with Crippen molar-refractivity contribution in [2.45, 2.75) is 38.8 Å². The second-order valence-corrected chi connectivity index (χ2v) is 3.57. The first-order chi connectivity index (χ1) is 5.97. The number of carboxylic acids is 1. The van der Waals surface area contributed by atoms with Gasteiger partial charge in [-0.2, -0.15) is 0 Å². The van der Waals surface area contributed by atoms with Gasteiger partial charge in [0.1, 0.15) is 0 Å². The van der Waals surface area contributed by atoms with Crippen molar-refractivity contribution in [2.24, 2.45) is 11.8 Å². The molecule has 0 fully saturated rings. The molecule has 0 heterocycles. The third-order valence-electron chi connectivity index (χ3n) is 1.79. The molecule has 0 aliphatic heterocycles. The quantitative estimate of drug-likeness (QED) is 0.341. The molecule has 0 aliphatic rings. The number of carboxylic acid groups (broad SMARTS) is 1. The van der Waals surface area contributed by atoms with E-state index in [-0.39, 0.29) is 12.5 Å². The van der Waals surface area contributed by atoms with Crippen molar-refractivity contribution in [3.8, 4) is 0 Å². The number of rotatable bonds is 6. The van der Waals surface area contributed by atoms with Crippen LogP contribution in [0.5, 0.6) is 0 Å². The number of carbonyl (C=O) groups is 1. The second kappa shape index (κ2) is 5.90. The van der Waals surface area contributed by atoms with Crippen LogP contribution in [0.15, 0.2) is 0 Å². The number of aliphatic hydroxyl groups is 1. The van der Waals surface area contributed by atoms with Gasteiger partial charge < -0.3 is 10.2 Å². The highest BCUT2D eigenvalue weighted by Gasteiger charge is 2.21. The third-order valence-corrected chi connectivity index (χ3v) is 1.79. The van der Waals surface area contributed by atoms with Crippen molar-refractivity contribution in [3.63, 3.8) is 0 Å². The van der Waals surface area contributed by atoms with Crippen LogP contribution in [-0.4, -0.2) is 28.3 Å². The first-order valence-electron chi connectivity index (χ1n) is 4.33. The van der Waals surface area contributed by atoms with Gasteiger partial charge in [-0.25, -0.2) is 0 Å². The van der Waals surface area contributed by atoms with E-state index < -0.39 is 12.1 Å². The Morgan fingerprint density at radius 3 is 2.38 bits per heavy atom. The molecule has 13 heavy (non-hydrogen) atoms. The van der Waals surface area contributed by atoms with Crippen LogP contribution < -0.4 is 11.3 Å². The van der Waals surface area contributed by atoms with Crippen LogP contribution in [0, 0.1) is 5.92 Å². The van der Waals surface area contributed by atoms with E-state index in [1.165, 1.54) is 0 Å². The van der Waals surface area contributed by atoms with E-state index in [0.29, 0.717) is 12.3 Å². The smallest absolute Gasteiger partial charge is 0.306 e. The van der Waals surface area contributed by atoms with Gasteiger partial charge in [0.15, 0.2) is 0 Å². The zero-order chi connectivity index (χ0) is 10.4. The maximum atomic E-state index is 10.3. The molecule has 0 radical (unpaired) electrons. The Labute approximate surface area is 77.9 Å². The summed E-state index contributed by atoms with van der Waals surface area (Å²) in [5.74, 6) is 4.54. The minimum Gasteiger partial charge on any atom is -0.481 e. The van der Waals surface area contributed by atoms with Gasteiger partial charge in [-0.05, 0) is 12.3 Å². The summed E-state index contributed by atoms with van der Waals surface area (Å²) in [7, 11) is 0. The molecule has 0 saturated heterocycles. The van der Waals surface area contributed by atoms with Crippen LogP contribution in [0.1, 0.15) is 26.7 Å². The van der Waals surface area contributed by atoms with E-state index in [1.807, 2.05) is 13.8 Å². The van der Waals surface area contributed by atoms with Gasteiger partial charge in [0.05, 0.1) is 12.5 Å². The van der Waals surface area contributed by atoms with Crippen LogP contribution in [0.4, 0.5) is 0 Å². The predicted molar refractivity (Wildman–Crippen MR) is 48.8 cm³/mol. The number of aliphatic hydroxyl groups excluding tert-OH is 1. The summed E-state index contributed by atoms with van der Waals surface area (Å²) in [6.45, 7) is 3.97. The summed E-state index contributed by atoms with van der Waals surface area (Å²) in [5.41, 5.74) is 2.43. The average molecular weight is 190 g/mol. The van der Waals surface area contributed by atoms with Crippen LogP contribution in [-0.2, 0) is 4.79 Å². The maximum Gasteiger partial charge on any atom is 0.306 e. The Kier molecular flexibility index (Phi) is 5.61. The highest BCUT2D eigenvalue weighted by Crippen LogP contribution is 2.09. The molecular formula is C8H18N2O3. The number of aliphatic carboxylic acids is 1. The molecule has 5 heteroatoms. The van der Waals surface area contributed by atoms with Gasteiger partial charge in [0, 0.05) is 6.04 Å². The molecule has 0 aromatic carbocycles. The second-order valence-electron chi connectivity index (χ2n) is 3.57. The van der Waals surface area contributed by atoms with E-state index >= 15 is 0 Å². The lowest BCUT2D eigenvalue weighted by molar-refractivity contribution is -0.139. The molecule has 78 valence electrons. The predicted octanol–water partition coefficient (Wildman–Crippen LogP) is -0.300. The molecule has 0 aromatic heterocycles. The fourth-order valence-corrected chi connectivity index (χ4v) is 1.17. The zero-order valence-electron chi connectivity index (χ0n) is 8.03. The van der Waals surface area contributed by atoms with Crippen LogP contribution in [0.2, 0.25) is 0 Å². The number of hydrogen-bond acceptors (Lipinski definition) is 4. The molecule has 5 nitrogen and oxygen atoms in total. The van der Waals surface area contributed by atoms with E-state index in [2.05, 4.69) is 5.43 Å². The van der Waals surface area contributed by atoms with Crippen LogP contribution >= 0.6 is 0 Å². The summed E-state index contributed by atoms with van der Waals surface area (Å²) in [6.07, 6.45) is -0.545. The first kappa shape index (κ1) is 12.3. The van der Waals surface area contributed by atoms with Gasteiger partial charge in [0.2, 0.25) is 0 Å². The van der Waals surface area contributed by atoms with Crippen LogP contribution in [0.25, 0.3) is 0 Å². The summed E-state index contributed by atoms with van der Waals surface area (Å²) >= 11 is 0. The topological polar surface area (TPSA) is 95.6 Å². The van der Waals surface area contributed by atoms with Crippen molar-refractivity contribution in [1.82, 2.24) is 5.43 Å². The summed E-state index contributed by atoms with van der Waals surface area (Å²) < 4.78 is 0. The first-order valence-corrected chi connectivity index (χ1v) is 4.33. The van der Waals surface area contributed by atoms with E-state index in [4.69, 9.17) is 10.9 Å². The summed E-state index contributed by atoms with van der Waals surface area (Å²) in [5, 5.41) is 17.8. The monoisotopic (exact) mass is 190 g/mol. The number of hydrogen-bond donors (Lipinski definition) is 4. The molecule has 0 rings (SSSR count). The Hall–Kier alpha value is -0.650. The maximum absolute atomic E-state index is 10.3. The van der Waals surface area contributed by atoms with Crippen molar-refractivity contribution in [1.29, 1.82) is 0 Å². The van der Waals surface area contributed by atoms with Gasteiger partial charge in [-0.15, -0.1) is 0 Å². The molecule has 0 saturated carbocycles. The molecular weight excluding hydrogens is 172 g/mol. The SMILES string of the molecule is CC(C)C[C@H](NN)[C@@H](O)CC(=O)O. The molecule has 0 aromatic rings. The van der Waals surface area contributed by atoms with E-state index in [9.17, 15) is 9.90 Å². The molecule has 0 amide bonds. The lowest BCUT2D eigenvalue weighted by Crippen LogP contribution is -2.45. The average Bonchev–Trinajstić information content (AvgIpc) is 1.98. The number of nitrogens with two attached hydrogens (primary N) is 1. The number of hydrazine groups is 1. The normalized spacial score (nSPS) is 15.8. The van der Waals surface area contributed by atoms with Gasteiger partial charge in [0.25, 0.3) is 0 Å². The fraction of sp³-hybridized carbons (Fsp3) is 0.875. The molecule has 0 spiro atoms. The summed E-state index contributed by atoms with van der Waals surface area (Å²) in [4.78, 5) is 10.3. The molecule has 2 atom stereocenters. The number of nitrogens with one attached hydrogen (secondary N) is 1. The Morgan fingerprint density at radius 1 is 1.54 bits per heavy atom. The van der Waals surface area contributed by atoms with Crippen molar-refractivity contribution < 1.29 is 15.0 Å². The standard InChI is InChI=1S/C8H18N2O3/c1-5(2)3-6(10-9)7(11)4-8(12)13/h5-7,10-11H,3-4,9H2,1-2H3,(H,12,13)/t6-,7-/m0/s1. The van der Waals surface area contributed by atoms with Gasteiger partial charge >= 0.3 is 5.97 Å². The van der Waals surface area contributed by atoms with Crippen LogP contribution in [0.3, 0.4) is 0 Å². The molecule has 0 bridgehead atoms. The zero-order valence-corrected chi connectivity index (χ0v) is 8.03. The lowest BCUT2D eigenvalue weighted by atomic mass is 9.98. The third kappa shape index (κ3) is 5.57. The highest BCUT2D eigenvalue weighted by molar-refractivity contribution is 5.67. The van der Waals surface area contributed by atoms with Crippen molar-refractivity contribution in [2.75, 3.05) is 0 Å². The molecule has 5 N–H and O–H groups in total. The fourth-order valence-electron chi connectivity index (χ4n) is 1.17. The highest BCUT2D eigenvalue weighted by atomic mass is 16.4. The van der Waals surface area contributed by atoms with Gasteiger partial charge in [-0.1, -0.05) is 13.8 Å². The van der Waals surface area contributed by atoms with E-state index in [1.54, 1.807) is 0 Å². The summed E-state index contributed by atoms with van der Waals surface area (Å²) in [6, 6.07) is -0.351. The van der Waals surface area contributed by atoms with Crippen molar-refractivity contribution in [3.05, 3.63) is 0 Å². The Balaban J connectivity index is 3.98.